The molecule has 0 amide bonds. The highest BCUT2D eigenvalue weighted by Crippen LogP contribution is 2.24. The molecule has 3 nitrogen and oxygen atoms in total. The quantitative estimate of drug-likeness (QED) is 0.738. The highest BCUT2D eigenvalue weighted by atomic mass is 35.5. The monoisotopic (exact) mass is 333 g/mol. The first-order chi connectivity index (χ1) is 10.6. The lowest BCUT2D eigenvalue weighted by molar-refractivity contribution is 0.0699. The van der Waals surface area contributed by atoms with Crippen LogP contribution in [-0.2, 0) is 13.0 Å². The number of halogens is 2. The maximum atomic E-state index is 11.3. The van der Waals surface area contributed by atoms with Crippen LogP contribution in [0.25, 0.3) is 10.9 Å². The third kappa shape index (κ3) is 2.82. The van der Waals surface area contributed by atoms with E-state index < -0.39 is 5.97 Å². The molecule has 0 aliphatic rings. The van der Waals surface area contributed by atoms with Crippen molar-refractivity contribution in [3.8, 4) is 0 Å². The summed E-state index contributed by atoms with van der Waals surface area (Å²) in [5, 5.41) is 11.4. The van der Waals surface area contributed by atoms with Gasteiger partial charge in [-0.1, -0.05) is 41.4 Å². The molecule has 2 aromatic carbocycles. The molecule has 0 bridgehead atoms. The Morgan fingerprint density at radius 1 is 1.14 bits per heavy atom. The lowest BCUT2D eigenvalue weighted by Crippen LogP contribution is -2.01. The Balaban J connectivity index is 1.94. The third-order valence-electron chi connectivity index (χ3n) is 3.65. The van der Waals surface area contributed by atoms with Crippen LogP contribution in [0.4, 0.5) is 0 Å². The number of hydrogen-bond donors (Lipinski definition) is 1. The van der Waals surface area contributed by atoms with Crippen molar-refractivity contribution in [1.82, 2.24) is 4.57 Å². The van der Waals surface area contributed by atoms with Crippen LogP contribution in [0.2, 0.25) is 10.0 Å². The van der Waals surface area contributed by atoms with Gasteiger partial charge in [-0.3, -0.25) is 0 Å². The maximum absolute atomic E-state index is 11.3. The van der Waals surface area contributed by atoms with Gasteiger partial charge in [0.15, 0.2) is 0 Å². The molecule has 0 spiro atoms. The van der Waals surface area contributed by atoms with Crippen molar-refractivity contribution in [2.75, 3.05) is 0 Å². The van der Waals surface area contributed by atoms with E-state index in [1.54, 1.807) is 18.3 Å². The molecule has 22 heavy (non-hydrogen) atoms. The number of benzene rings is 2. The Hall–Kier alpha value is -1.97. The second kappa shape index (κ2) is 6.03. The number of aromatic carboxylic acids is 1. The Morgan fingerprint density at radius 3 is 2.68 bits per heavy atom. The fourth-order valence-corrected chi connectivity index (χ4v) is 2.98. The second-order valence-electron chi connectivity index (χ2n) is 5.04. The molecular formula is C17H13Cl2NO2. The lowest BCUT2D eigenvalue weighted by atomic mass is 10.1. The molecule has 3 aromatic rings. The summed E-state index contributed by atoms with van der Waals surface area (Å²) in [5.74, 6) is -0.921. The largest absolute Gasteiger partial charge is 0.478 e. The number of carboxylic acids is 1. The predicted octanol–water partition coefficient (Wildman–Crippen LogP) is 4.89. The molecule has 1 N–H and O–H groups in total. The van der Waals surface area contributed by atoms with Crippen molar-refractivity contribution in [3.63, 3.8) is 0 Å². The Kier molecular flexibility index (Phi) is 4.10. The van der Waals surface area contributed by atoms with Gasteiger partial charge in [0, 0.05) is 33.7 Å². The van der Waals surface area contributed by atoms with E-state index in [0.29, 0.717) is 28.6 Å². The molecule has 0 saturated heterocycles. The SMILES string of the molecule is O=C(O)c1cn(CCc2cc(Cl)ccc2Cl)c2ccccc12. The van der Waals surface area contributed by atoms with E-state index in [-0.39, 0.29) is 0 Å². The summed E-state index contributed by atoms with van der Waals surface area (Å²) in [6.07, 6.45) is 2.35. The molecule has 0 atom stereocenters. The first-order valence-electron chi connectivity index (χ1n) is 6.81. The minimum Gasteiger partial charge on any atom is -0.478 e. The smallest absolute Gasteiger partial charge is 0.337 e. The van der Waals surface area contributed by atoms with Crippen LogP contribution in [0, 0.1) is 0 Å². The summed E-state index contributed by atoms with van der Waals surface area (Å²) >= 11 is 12.2. The van der Waals surface area contributed by atoms with Gasteiger partial charge in [-0.2, -0.15) is 0 Å². The number of rotatable bonds is 4. The zero-order valence-electron chi connectivity index (χ0n) is 11.6. The van der Waals surface area contributed by atoms with Gasteiger partial charge in [-0.05, 0) is 36.2 Å². The van der Waals surface area contributed by atoms with E-state index in [4.69, 9.17) is 23.2 Å². The van der Waals surface area contributed by atoms with Crippen molar-refractivity contribution in [2.24, 2.45) is 0 Å². The third-order valence-corrected chi connectivity index (χ3v) is 4.25. The zero-order chi connectivity index (χ0) is 15.7. The first-order valence-corrected chi connectivity index (χ1v) is 7.57. The Morgan fingerprint density at radius 2 is 1.91 bits per heavy atom. The predicted molar refractivity (Wildman–Crippen MR) is 89.1 cm³/mol. The van der Waals surface area contributed by atoms with Gasteiger partial charge in [0.2, 0.25) is 0 Å². The Bertz CT molecular complexity index is 855. The number of para-hydroxylation sites is 1. The molecule has 0 aliphatic carbocycles. The molecule has 5 heteroatoms. The Labute approximate surface area is 137 Å². The summed E-state index contributed by atoms with van der Waals surface area (Å²) in [4.78, 5) is 11.3. The number of carbonyl (C=O) groups is 1. The highest BCUT2D eigenvalue weighted by molar-refractivity contribution is 6.33. The van der Waals surface area contributed by atoms with E-state index in [2.05, 4.69) is 0 Å². The van der Waals surface area contributed by atoms with Gasteiger partial charge >= 0.3 is 5.97 Å². The number of fused-ring (bicyclic) bond motifs is 1. The van der Waals surface area contributed by atoms with E-state index in [1.807, 2.05) is 34.9 Å². The molecule has 0 unspecified atom stereocenters. The van der Waals surface area contributed by atoms with Crippen molar-refractivity contribution in [3.05, 3.63) is 69.8 Å². The van der Waals surface area contributed by atoms with Gasteiger partial charge in [-0.15, -0.1) is 0 Å². The van der Waals surface area contributed by atoms with Crippen LogP contribution in [0.15, 0.2) is 48.7 Å². The molecule has 1 aromatic heterocycles. The van der Waals surface area contributed by atoms with E-state index in [0.717, 1.165) is 16.5 Å². The molecule has 3 rings (SSSR count). The fourth-order valence-electron chi connectivity index (χ4n) is 2.58. The number of aryl methyl sites for hydroxylation is 2. The van der Waals surface area contributed by atoms with Crippen molar-refractivity contribution < 1.29 is 9.90 Å². The van der Waals surface area contributed by atoms with Gasteiger partial charge in [0.05, 0.1) is 5.56 Å². The molecular weight excluding hydrogens is 321 g/mol. The number of carboxylic acid groups (broad SMARTS) is 1. The van der Waals surface area contributed by atoms with Gasteiger partial charge in [-0.25, -0.2) is 4.79 Å². The van der Waals surface area contributed by atoms with Gasteiger partial charge in [0.1, 0.15) is 0 Å². The highest BCUT2D eigenvalue weighted by Gasteiger charge is 2.13. The van der Waals surface area contributed by atoms with Crippen molar-refractivity contribution >= 4 is 40.1 Å². The van der Waals surface area contributed by atoms with Crippen LogP contribution in [0.1, 0.15) is 15.9 Å². The minimum absolute atomic E-state index is 0.313. The van der Waals surface area contributed by atoms with E-state index >= 15 is 0 Å². The van der Waals surface area contributed by atoms with Crippen LogP contribution in [-0.4, -0.2) is 15.6 Å². The normalized spacial score (nSPS) is 11.0. The molecule has 1 heterocycles. The summed E-state index contributed by atoms with van der Waals surface area (Å²) in [6.45, 7) is 0.633. The molecule has 0 aliphatic heterocycles. The summed E-state index contributed by atoms with van der Waals surface area (Å²) in [5.41, 5.74) is 2.16. The molecule has 0 radical (unpaired) electrons. The average molecular weight is 334 g/mol. The van der Waals surface area contributed by atoms with Gasteiger partial charge in [0.25, 0.3) is 0 Å². The van der Waals surface area contributed by atoms with E-state index in [1.165, 1.54) is 0 Å². The second-order valence-corrected chi connectivity index (χ2v) is 5.89. The molecule has 112 valence electrons. The topological polar surface area (TPSA) is 42.2 Å². The maximum Gasteiger partial charge on any atom is 0.337 e. The van der Waals surface area contributed by atoms with Crippen LogP contribution in [0.3, 0.4) is 0 Å². The van der Waals surface area contributed by atoms with Crippen LogP contribution >= 0.6 is 23.2 Å². The standard InChI is InChI=1S/C17H13Cl2NO2/c18-12-5-6-15(19)11(9-12)7-8-20-10-14(17(21)22)13-3-1-2-4-16(13)20/h1-6,9-10H,7-8H2,(H,21,22). The minimum atomic E-state index is -0.921. The summed E-state index contributed by atoms with van der Waals surface area (Å²) in [6, 6.07) is 12.8. The van der Waals surface area contributed by atoms with Crippen molar-refractivity contribution in [1.29, 1.82) is 0 Å². The van der Waals surface area contributed by atoms with Gasteiger partial charge < -0.3 is 9.67 Å². The van der Waals surface area contributed by atoms with Crippen molar-refractivity contribution in [2.45, 2.75) is 13.0 Å². The molecule has 0 fully saturated rings. The van der Waals surface area contributed by atoms with Crippen LogP contribution < -0.4 is 0 Å². The molecule has 0 saturated carbocycles. The van der Waals surface area contributed by atoms with E-state index in [9.17, 15) is 9.90 Å². The average Bonchev–Trinajstić information content (AvgIpc) is 2.87. The van der Waals surface area contributed by atoms with Crippen LogP contribution in [0.5, 0.6) is 0 Å². The number of hydrogen-bond acceptors (Lipinski definition) is 1. The zero-order valence-corrected chi connectivity index (χ0v) is 13.1. The summed E-state index contributed by atoms with van der Waals surface area (Å²) < 4.78 is 1.94. The lowest BCUT2D eigenvalue weighted by Gasteiger charge is -2.07. The number of nitrogens with zero attached hydrogens (tertiary/aromatic N) is 1. The first kappa shape index (κ1) is 14.9. The summed E-state index contributed by atoms with van der Waals surface area (Å²) in [7, 11) is 0. The fraction of sp³-hybridized carbons (Fsp3) is 0.118. The number of aromatic nitrogens is 1.